The van der Waals surface area contributed by atoms with Gasteiger partial charge in [0.1, 0.15) is 5.82 Å². The van der Waals surface area contributed by atoms with Gasteiger partial charge in [-0.15, -0.1) is 0 Å². The predicted molar refractivity (Wildman–Crippen MR) is 92.5 cm³/mol. The molecular formula is C18H22N4. The van der Waals surface area contributed by atoms with Crippen molar-refractivity contribution in [2.45, 2.75) is 34.1 Å². The Morgan fingerprint density at radius 2 is 1.91 bits per heavy atom. The van der Waals surface area contributed by atoms with Crippen molar-refractivity contribution in [1.29, 1.82) is 0 Å². The number of benzene rings is 1. The van der Waals surface area contributed by atoms with Gasteiger partial charge in [-0.05, 0) is 43.2 Å². The fraction of sp³-hybridized carbons (Fsp3) is 0.278. The minimum Gasteiger partial charge on any atom is -0.339 e. The van der Waals surface area contributed by atoms with Gasteiger partial charge >= 0.3 is 0 Å². The zero-order chi connectivity index (χ0) is 15.9. The lowest BCUT2D eigenvalue weighted by molar-refractivity contribution is 1.12. The van der Waals surface area contributed by atoms with Gasteiger partial charge in [0.15, 0.2) is 0 Å². The Hall–Kier alpha value is -2.49. The van der Waals surface area contributed by atoms with Gasteiger partial charge in [0.2, 0.25) is 0 Å². The number of anilines is 2. The zero-order valence-electron chi connectivity index (χ0n) is 13.6. The highest BCUT2D eigenvalue weighted by Crippen LogP contribution is 2.23. The molecule has 114 valence electrons. The Balaban J connectivity index is 0.000000847. The van der Waals surface area contributed by atoms with Gasteiger partial charge in [0.05, 0.1) is 17.4 Å². The number of hydrogen-bond donors (Lipinski definition) is 1. The van der Waals surface area contributed by atoms with E-state index in [-0.39, 0.29) is 0 Å². The number of aromatic nitrogens is 3. The lowest BCUT2D eigenvalue weighted by atomic mass is 10.1. The Bertz CT molecular complexity index is 753. The molecule has 1 aromatic carbocycles. The van der Waals surface area contributed by atoms with Crippen molar-refractivity contribution in [3.8, 4) is 0 Å². The maximum Gasteiger partial charge on any atom is 0.149 e. The van der Waals surface area contributed by atoms with Crippen LogP contribution >= 0.6 is 0 Å². The van der Waals surface area contributed by atoms with Crippen molar-refractivity contribution >= 4 is 22.4 Å². The quantitative estimate of drug-likeness (QED) is 0.763. The van der Waals surface area contributed by atoms with E-state index in [4.69, 9.17) is 0 Å². The number of rotatable bonds is 3. The molecule has 3 aromatic rings. The summed E-state index contributed by atoms with van der Waals surface area (Å²) in [5.41, 5.74) is 4.21. The molecule has 0 spiro atoms. The molecule has 0 aliphatic carbocycles. The molecule has 1 N–H and O–H groups in total. The summed E-state index contributed by atoms with van der Waals surface area (Å²) in [5.74, 6) is 0.756. The largest absolute Gasteiger partial charge is 0.339 e. The average Bonchev–Trinajstić information content (AvgIpc) is 2.56. The van der Waals surface area contributed by atoms with E-state index in [1.807, 2.05) is 39.1 Å². The topological polar surface area (TPSA) is 50.7 Å². The summed E-state index contributed by atoms with van der Waals surface area (Å²) < 4.78 is 0. The van der Waals surface area contributed by atoms with Crippen LogP contribution in [-0.4, -0.2) is 15.0 Å². The summed E-state index contributed by atoms with van der Waals surface area (Å²) in [5, 5.41) is 4.47. The molecule has 2 aromatic heterocycles. The van der Waals surface area contributed by atoms with Crippen molar-refractivity contribution in [2.24, 2.45) is 0 Å². The third-order valence-corrected chi connectivity index (χ3v) is 3.24. The number of hydrogen-bond acceptors (Lipinski definition) is 4. The third kappa shape index (κ3) is 3.58. The minimum atomic E-state index is 0.756. The minimum absolute atomic E-state index is 0.756. The summed E-state index contributed by atoms with van der Waals surface area (Å²) in [4.78, 5) is 12.9. The molecule has 3 rings (SSSR count). The van der Waals surface area contributed by atoms with Crippen LogP contribution in [0.4, 0.5) is 11.5 Å². The maximum atomic E-state index is 4.40. The lowest BCUT2D eigenvalue weighted by Crippen LogP contribution is -1.96. The van der Waals surface area contributed by atoms with Crippen molar-refractivity contribution in [1.82, 2.24) is 15.0 Å². The monoisotopic (exact) mass is 294 g/mol. The molecule has 0 bridgehead atoms. The van der Waals surface area contributed by atoms with Crippen molar-refractivity contribution in [3.05, 3.63) is 54.1 Å². The van der Waals surface area contributed by atoms with E-state index in [0.29, 0.717) is 0 Å². The Labute approximate surface area is 131 Å². The second-order valence-corrected chi connectivity index (χ2v) is 4.73. The van der Waals surface area contributed by atoms with Gasteiger partial charge in [-0.1, -0.05) is 20.8 Å². The van der Waals surface area contributed by atoms with Crippen molar-refractivity contribution in [2.75, 3.05) is 5.32 Å². The molecule has 0 fully saturated rings. The van der Waals surface area contributed by atoms with Gasteiger partial charge in [0, 0.05) is 23.5 Å². The van der Waals surface area contributed by atoms with E-state index in [1.54, 1.807) is 12.4 Å². The van der Waals surface area contributed by atoms with Crippen LogP contribution in [0.5, 0.6) is 0 Å². The second kappa shape index (κ2) is 7.50. The molecule has 4 nitrogen and oxygen atoms in total. The summed E-state index contributed by atoms with van der Waals surface area (Å²) in [6.45, 7) is 8.08. The summed E-state index contributed by atoms with van der Waals surface area (Å²) >= 11 is 0. The van der Waals surface area contributed by atoms with E-state index >= 15 is 0 Å². The maximum absolute atomic E-state index is 4.40. The lowest BCUT2D eigenvalue weighted by Gasteiger charge is -2.09. The van der Waals surface area contributed by atoms with Crippen molar-refractivity contribution in [3.63, 3.8) is 0 Å². The van der Waals surface area contributed by atoms with Gasteiger partial charge in [-0.2, -0.15) is 0 Å². The number of nitrogens with zero attached hydrogens (tertiary/aromatic N) is 3. The first-order valence-electron chi connectivity index (χ1n) is 7.69. The summed E-state index contributed by atoms with van der Waals surface area (Å²) in [6, 6.07) is 8.22. The Kier molecular flexibility index (Phi) is 5.42. The molecule has 0 saturated heterocycles. The van der Waals surface area contributed by atoms with Crippen LogP contribution in [-0.2, 0) is 6.42 Å². The molecule has 0 unspecified atom stereocenters. The number of fused-ring (bicyclic) bond motifs is 1. The van der Waals surface area contributed by atoms with E-state index in [0.717, 1.165) is 29.1 Å². The molecule has 0 atom stereocenters. The van der Waals surface area contributed by atoms with Crippen molar-refractivity contribution < 1.29 is 0 Å². The van der Waals surface area contributed by atoms with Crippen LogP contribution in [0, 0.1) is 6.92 Å². The molecule has 0 aliphatic heterocycles. The third-order valence-electron chi connectivity index (χ3n) is 3.24. The Morgan fingerprint density at radius 3 is 2.64 bits per heavy atom. The molecule has 0 aliphatic rings. The molecule has 0 amide bonds. The number of aryl methyl sites for hydroxylation is 2. The van der Waals surface area contributed by atoms with E-state index < -0.39 is 0 Å². The normalized spacial score (nSPS) is 10.0. The first-order valence-corrected chi connectivity index (χ1v) is 7.69. The van der Waals surface area contributed by atoms with Crippen LogP contribution in [0.3, 0.4) is 0 Å². The molecule has 0 saturated carbocycles. The number of pyridine rings is 1. The highest BCUT2D eigenvalue weighted by molar-refractivity contribution is 5.86. The SMILES string of the molecule is CC.CCc1ccnc2ccc(Nc3cncc(C)n3)cc12. The fourth-order valence-corrected chi connectivity index (χ4v) is 2.26. The van der Waals surface area contributed by atoms with Gasteiger partial charge in [-0.25, -0.2) is 4.98 Å². The molecule has 22 heavy (non-hydrogen) atoms. The van der Waals surface area contributed by atoms with Gasteiger partial charge in [0.25, 0.3) is 0 Å². The van der Waals surface area contributed by atoms with Crippen LogP contribution < -0.4 is 5.32 Å². The van der Waals surface area contributed by atoms with E-state index in [1.165, 1.54) is 10.9 Å². The first kappa shape index (κ1) is 15.9. The van der Waals surface area contributed by atoms with Gasteiger partial charge in [-0.3, -0.25) is 9.97 Å². The van der Waals surface area contributed by atoms with Crippen LogP contribution in [0.2, 0.25) is 0 Å². The average molecular weight is 294 g/mol. The van der Waals surface area contributed by atoms with Gasteiger partial charge < -0.3 is 5.32 Å². The van der Waals surface area contributed by atoms with E-state index in [2.05, 4.69) is 39.3 Å². The highest BCUT2D eigenvalue weighted by Gasteiger charge is 2.03. The van der Waals surface area contributed by atoms with Crippen LogP contribution in [0.1, 0.15) is 32.0 Å². The predicted octanol–water partition coefficient (Wildman–Crippen LogP) is 4.67. The standard InChI is InChI=1S/C16H16N4.C2H6/c1-3-12-6-7-18-15-5-4-13(8-14(12)15)20-16-10-17-9-11(2)19-16;1-2/h4-10H,3H2,1-2H3,(H,19,20);1-2H3. The highest BCUT2D eigenvalue weighted by atomic mass is 15.0. The van der Waals surface area contributed by atoms with Crippen LogP contribution in [0.25, 0.3) is 10.9 Å². The molecular weight excluding hydrogens is 272 g/mol. The smallest absolute Gasteiger partial charge is 0.149 e. The second-order valence-electron chi connectivity index (χ2n) is 4.73. The van der Waals surface area contributed by atoms with Crippen LogP contribution in [0.15, 0.2) is 42.9 Å². The number of nitrogens with one attached hydrogen (secondary N) is 1. The van der Waals surface area contributed by atoms with E-state index in [9.17, 15) is 0 Å². The first-order chi connectivity index (χ1) is 10.8. The summed E-state index contributed by atoms with van der Waals surface area (Å²) in [7, 11) is 0. The fourth-order valence-electron chi connectivity index (χ4n) is 2.26. The molecule has 4 heteroatoms. The summed E-state index contributed by atoms with van der Waals surface area (Å²) in [6.07, 6.45) is 6.32. The molecule has 0 radical (unpaired) electrons. The Morgan fingerprint density at radius 1 is 1.09 bits per heavy atom. The molecule has 2 heterocycles. The zero-order valence-corrected chi connectivity index (χ0v) is 13.6.